The van der Waals surface area contributed by atoms with E-state index in [2.05, 4.69) is 4.98 Å². The van der Waals surface area contributed by atoms with Crippen molar-refractivity contribution in [2.24, 2.45) is 0 Å². The van der Waals surface area contributed by atoms with Gasteiger partial charge in [-0.15, -0.1) is 0 Å². The molecule has 16 heavy (non-hydrogen) atoms. The van der Waals surface area contributed by atoms with Crippen LogP contribution in [0.2, 0.25) is 0 Å². The summed E-state index contributed by atoms with van der Waals surface area (Å²) in [7, 11) is 0. The van der Waals surface area contributed by atoms with Crippen molar-refractivity contribution in [1.82, 2.24) is 9.88 Å². The van der Waals surface area contributed by atoms with Gasteiger partial charge in [-0.2, -0.15) is 0 Å². The lowest BCUT2D eigenvalue weighted by Gasteiger charge is -2.23. The molecule has 2 rings (SSSR count). The highest BCUT2D eigenvalue weighted by Crippen LogP contribution is 2.19. The first-order chi connectivity index (χ1) is 7.72. The molecule has 0 radical (unpaired) electrons. The SMILES string of the molecule is Cc1cc(C(=O)N2CCC[C@H]2CO)ccn1. The molecule has 0 bridgehead atoms. The maximum Gasteiger partial charge on any atom is 0.254 e. The average molecular weight is 220 g/mol. The second-order valence-corrected chi connectivity index (χ2v) is 4.16. The summed E-state index contributed by atoms with van der Waals surface area (Å²) in [5.41, 5.74) is 1.50. The number of aromatic nitrogens is 1. The van der Waals surface area contributed by atoms with Gasteiger partial charge in [0.1, 0.15) is 0 Å². The van der Waals surface area contributed by atoms with Crippen LogP contribution in [0, 0.1) is 6.92 Å². The van der Waals surface area contributed by atoms with E-state index in [1.807, 2.05) is 6.92 Å². The minimum atomic E-state index is -0.0130. The topological polar surface area (TPSA) is 53.4 Å². The van der Waals surface area contributed by atoms with Crippen molar-refractivity contribution in [3.63, 3.8) is 0 Å². The van der Waals surface area contributed by atoms with Crippen LogP contribution in [0.15, 0.2) is 18.3 Å². The van der Waals surface area contributed by atoms with Crippen LogP contribution in [0.5, 0.6) is 0 Å². The fourth-order valence-corrected chi connectivity index (χ4v) is 2.14. The van der Waals surface area contributed by atoms with Crippen LogP contribution in [-0.2, 0) is 0 Å². The van der Waals surface area contributed by atoms with E-state index in [-0.39, 0.29) is 18.6 Å². The highest BCUT2D eigenvalue weighted by atomic mass is 16.3. The van der Waals surface area contributed by atoms with E-state index < -0.39 is 0 Å². The van der Waals surface area contributed by atoms with Gasteiger partial charge in [-0.3, -0.25) is 9.78 Å². The van der Waals surface area contributed by atoms with Gasteiger partial charge in [0.25, 0.3) is 5.91 Å². The number of pyridine rings is 1. The molecule has 0 unspecified atom stereocenters. The van der Waals surface area contributed by atoms with Gasteiger partial charge >= 0.3 is 0 Å². The van der Waals surface area contributed by atoms with Gasteiger partial charge in [-0.05, 0) is 31.9 Å². The van der Waals surface area contributed by atoms with Crippen LogP contribution in [0.25, 0.3) is 0 Å². The van der Waals surface area contributed by atoms with E-state index in [4.69, 9.17) is 0 Å². The molecule has 1 atom stereocenters. The van der Waals surface area contributed by atoms with E-state index in [1.165, 1.54) is 0 Å². The number of hydrogen-bond acceptors (Lipinski definition) is 3. The minimum absolute atomic E-state index is 0.00190. The van der Waals surface area contributed by atoms with Gasteiger partial charge in [0, 0.05) is 24.0 Å². The number of nitrogens with zero attached hydrogens (tertiary/aromatic N) is 2. The van der Waals surface area contributed by atoms with Gasteiger partial charge in [0.15, 0.2) is 0 Å². The first-order valence-corrected chi connectivity index (χ1v) is 5.57. The number of carbonyl (C=O) groups excluding carboxylic acids is 1. The Hall–Kier alpha value is -1.42. The molecule has 1 aromatic heterocycles. The summed E-state index contributed by atoms with van der Waals surface area (Å²) < 4.78 is 0. The molecule has 0 aliphatic carbocycles. The van der Waals surface area contributed by atoms with E-state index >= 15 is 0 Å². The summed E-state index contributed by atoms with van der Waals surface area (Å²) >= 11 is 0. The molecule has 0 saturated carbocycles. The van der Waals surface area contributed by atoms with Crippen LogP contribution in [0.3, 0.4) is 0 Å². The summed E-state index contributed by atoms with van der Waals surface area (Å²) in [5, 5.41) is 9.18. The Morgan fingerprint density at radius 1 is 1.69 bits per heavy atom. The molecule has 1 fully saturated rings. The maximum absolute atomic E-state index is 12.2. The van der Waals surface area contributed by atoms with Crippen molar-refractivity contribution in [2.75, 3.05) is 13.2 Å². The number of hydrogen-bond donors (Lipinski definition) is 1. The molecule has 4 nitrogen and oxygen atoms in total. The van der Waals surface area contributed by atoms with Crippen LogP contribution >= 0.6 is 0 Å². The number of aliphatic hydroxyl groups excluding tert-OH is 1. The molecule has 4 heteroatoms. The summed E-state index contributed by atoms with van der Waals surface area (Å²) in [6.45, 7) is 2.66. The number of aliphatic hydroxyl groups is 1. The Morgan fingerprint density at radius 2 is 2.50 bits per heavy atom. The number of carbonyl (C=O) groups is 1. The van der Waals surface area contributed by atoms with E-state index in [0.29, 0.717) is 5.56 Å². The van der Waals surface area contributed by atoms with Crippen molar-refractivity contribution < 1.29 is 9.90 Å². The average Bonchev–Trinajstić information content (AvgIpc) is 2.76. The summed E-state index contributed by atoms with van der Waals surface area (Å²) in [4.78, 5) is 18.0. The van der Waals surface area contributed by atoms with Crippen molar-refractivity contribution in [2.45, 2.75) is 25.8 Å². The van der Waals surface area contributed by atoms with Gasteiger partial charge in [-0.25, -0.2) is 0 Å². The molecule has 1 amide bonds. The lowest BCUT2D eigenvalue weighted by atomic mass is 10.2. The van der Waals surface area contributed by atoms with E-state index in [9.17, 15) is 9.90 Å². The van der Waals surface area contributed by atoms with Gasteiger partial charge in [0.05, 0.1) is 12.6 Å². The zero-order chi connectivity index (χ0) is 11.5. The zero-order valence-electron chi connectivity index (χ0n) is 9.39. The number of aryl methyl sites for hydroxylation is 1. The lowest BCUT2D eigenvalue weighted by Crippen LogP contribution is -2.37. The normalized spacial score (nSPS) is 20.1. The Bertz CT molecular complexity index is 392. The lowest BCUT2D eigenvalue weighted by molar-refractivity contribution is 0.0677. The van der Waals surface area contributed by atoms with Crippen LogP contribution in [-0.4, -0.2) is 40.1 Å². The molecule has 0 aromatic carbocycles. The molecule has 1 N–H and O–H groups in total. The summed E-state index contributed by atoms with van der Waals surface area (Å²) in [6.07, 6.45) is 3.51. The molecule has 86 valence electrons. The fourth-order valence-electron chi connectivity index (χ4n) is 2.14. The maximum atomic E-state index is 12.2. The van der Waals surface area contributed by atoms with Gasteiger partial charge in [0.2, 0.25) is 0 Å². The molecule has 0 spiro atoms. The molecule has 1 saturated heterocycles. The molecule has 1 aromatic rings. The highest BCUT2D eigenvalue weighted by Gasteiger charge is 2.28. The van der Waals surface area contributed by atoms with Crippen LogP contribution < -0.4 is 0 Å². The zero-order valence-corrected chi connectivity index (χ0v) is 9.39. The van der Waals surface area contributed by atoms with E-state index in [1.54, 1.807) is 23.2 Å². The Balaban J connectivity index is 2.18. The quantitative estimate of drug-likeness (QED) is 0.808. The largest absolute Gasteiger partial charge is 0.394 e. The third-order valence-corrected chi connectivity index (χ3v) is 2.99. The predicted molar refractivity (Wildman–Crippen MR) is 60.1 cm³/mol. The first kappa shape index (κ1) is 11.1. The predicted octanol–water partition coefficient (Wildman–Crippen LogP) is 0.987. The molecular weight excluding hydrogens is 204 g/mol. The number of likely N-dealkylation sites (tertiary alicyclic amines) is 1. The fraction of sp³-hybridized carbons (Fsp3) is 0.500. The Kier molecular flexibility index (Phi) is 3.19. The van der Waals surface area contributed by atoms with Crippen molar-refractivity contribution in [3.8, 4) is 0 Å². The number of amides is 1. The molecular formula is C12H16N2O2. The number of rotatable bonds is 2. The second-order valence-electron chi connectivity index (χ2n) is 4.16. The van der Waals surface area contributed by atoms with Crippen molar-refractivity contribution in [1.29, 1.82) is 0 Å². The smallest absolute Gasteiger partial charge is 0.254 e. The molecule has 2 heterocycles. The Morgan fingerprint density at radius 3 is 3.19 bits per heavy atom. The molecule has 1 aliphatic rings. The standard InChI is InChI=1S/C12H16N2O2/c1-9-7-10(4-5-13-9)12(16)14-6-2-3-11(14)8-15/h4-5,7,11,15H,2-3,6,8H2,1H3/t11-/m0/s1. The van der Waals surface area contributed by atoms with Crippen LogP contribution in [0.4, 0.5) is 0 Å². The third-order valence-electron chi connectivity index (χ3n) is 2.99. The Labute approximate surface area is 94.9 Å². The van der Waals surface area contributed by atoms with Crippen LogP contribution in [0.1, 0.15) is 28.9 Å². The summed E-state index contributed by atoms with van der Waals surface area (Å²) in [6, 6.07) is 3.50. The highest BCUT2D eigenvalue weighted by molar-refractivity contribution is 5.94. The first-order valence-electron chi connectivity index (χ1n) is 5.57. The summed E-state index contributed by atoms with van der Waals surface area (Å²) in [5.74, 6) is 0.00190. The third kappa shape index (κ3) is 2.07. The van der Waals surface area contributed by atoms with E-state index in [0.717, 1.165) is 25.1 Å². The second kappa shape index (κ2) is 4.61. The van der Waals surface area contributed by atoms with Crippen molar-refractivity contribution in [3.05, 3.63) is 29.6 Å². The molecule has 1 aliphatic heterocycles. The van der Waals surface area contributed by atoms with Crippen molar-refractivity contribution >= 4 is 5.91 Å². The monoisotopic (exact) mass is 220 g/mol. The van der Waals surface area contributed by atoms with Gasteiger partial charge in [-0.1, -0.05) is 0 Å². The minimum Gasteiger partial charge on any atom is -0.394 e. The van der Waals surface area contributed by atoms with Gasteiger partial charge < -0.3 is 10.0 Å².